The summed E-state index contributed by atoms with van der Waals surface area (Å²) in [5, 5.41) is 8.61. The lowest BCUT2D eigenvalue weighted by Gasteiger charge is -1.86. The highest BCUT2D eigenvalue weighted by Gasteiger charge is 1.86. The van der Waals surface area contributed by atoms with E-state index in [2.05, 4.69) is 4.98 Å². The number of imidazole rings is 1. The smallest absolute Gasteiger partial charge is 0.131 e. The Balaban J connectivity index is 0.000000291. The molecule has 0 radical (unpaired) electrons. The lowest BCUT2D eigenvalue weighted by atomic mass is 10.6. The highest BCUT2D eigenvalue weighted by Crippen LogP contribution is 1.88. The van der Waals surface area contributed by atoms with Gasteiger partial charge in [0.05, 0.1) is 11.9 Å². The minimum absolute atomic E-state index is 0.750. The molecule has 0 bridgehead atoms. The molecule has 3 heteroatoms. The first-order valence-corrected chi connectivity index (χ1v) is 2.99. The van der Waals surface area contributed by atoms with Crippen LogP contribution in [0.1, 0.15) is 19.5 Å². The fourth-order valence-electron chi connectivity index (χ4n) is 0.355. The molecule has 9 heavy (non-hydrogen) atoms. The molecule has 0 aliphatic rings. The average molecular weight is 128 g/mol. The predicted octanol–water partition coefficient (Wildman–Crippen LogP) is 1.46. The van der Waals surface area contributed by atoms with E-state index >= 15 is 0 Å². The zero-order chi connectivity index (χ0) is 7.28. The second-order valence-electron chi connectivity index (χ2n) is 1.38. The zero-order valence-electron chi connectivity index (χ0n) is 6.00. The molecule has 0 unspecified atom stereocenters. The number of rotatable bonds is 0. The molecule has 52 valence electrons. The standard InChI is InChI=1S/C4H6N2O.C2H6/c1-4-2-5-3-6(4)7;1-2/h2-3,7H,1H3;1-2H3. The van der Waals surface area contributed by atoms with Gasteiger partial charge >= 0.3 is 0 Å². The Bertz CT molecular complexity index is 143. The molecule has 0 saturated carbocycles. The maximum atomic E-state index is 8.61. The van der Waals surface area contributed by atoms with Crippen molar-refractivity contribution in [3.05, 3.63) is 18.2 Å². The van der Waals surface area contributed by atoms with Crippen molar-refractivity contribution in [3.63, 3.8) is 0 Å². The number of aryl methyl sites for hydroxylation is 1. The van der Waals surface area contributed by atoms with Crippen LogP contribution in [0.3, 0.4) is 0 Å². The van der Waals surface area contributed by atoms with E-state index in [0.717, 1.165) is 10.4 Å². The van der Waals surface area contributed by atoms with Gasteiger partial charge in [0.2, 0.25) is 0 Å². The van der Waals surface area contributed by atoms with Crippen molar-refractivity contribution in [3.8, 4) is 0 Å². The third-order valence-corrected chi connectivity index (χ3v) is 0.799. The quantitative estimate of drug-likeness (QED) is 0.537. The van der Waals surface area contributed by atoms with Gasteiger partial charge in [-0.3, -0.25) is 0 Å². The van der Waals surface area contributed by atoms with Gasteiger partial charge in [-0.05, 0) is 6.92 Å². The minimum Gasteiger partial charge on any atom is -0.427 e. The summed E-state index contributed by atoms with van der Waals surface area (Å²) in [5.74, 6) is 0. The van der Waals surface area contributed by atoms with Crippen molar-refractivity contribution in [2.75, 3.05) is 0 Å². The summed E-state index contributed by atoms with van der Waals surface area (Å²) < 4.78 is 0.972. The Hall–Kier alpha value is -0.990. The Morgan fingerprint density at radius 2 is 2.11 bits per heavy atom. The van der Waals surface area contributed by atoms with E-state index in [-0.39, 0.29) is 0 Å². The van der Waals surface area contributed by atoms with Crippen LogP contribution in [0.15, 0.2) is 12.5 Å². The van der Waals surface area contributed by atoms with E-state index in [1.807, 2.05) is 13.8 Å². The molecule has 0 saturated heterocycles. The Labute approximate surface area is 54.9 Å². The van der Waals surface area contributed by atoms with Gasteiger partial charge in [0.15, 0.2) is 0 Å². The molecule has 0 amide bonds. The topological polar surface area (TPSA) is 38.0 Å². The number of hydrogen-bond acceptors (Lipinski definition) is 2. The highest BCUT2D eigenvalue weighted by atomic mass is 16.5. The van der Waals surface area contributed by atoms with Crippen LogP contribution in [0.4, 0.5) is 0 Å². The summed E-state index contributed by atoms with van der Waals surface area (Å²) in [4.78, 5) is 3.63. The van der Waals surface area contributed by atoms with E-state index < -0.39 is 0 Å². The molecular formula is C6H12N2O. The number of hydrogen-bond donors (Lipinski definition) is 1. The van der Waals surface area contributed by atoms with Gasteiger partial charge in [-0.1, -0.05) is 13.8 Å². The van der Waals surface area contributed by atoms with Crippen molar-refractivity contribution < 1.29 is 5.21 Å². The fourth-order valence-corrected chi connectivity index (χ4v) is 0.355. The van der Waals surface area contributed by atoms with Crippen LogP contribution in [-0.2, 0) is 0 Å². The molecule has 1 aromatic heterocycles. The van der Waals surface area contributed by atoms with E-state index in [1.165, 1.54) is 6.33 Å². The number of aromatic nitrogens is 2. The number of nitrogens with zero attached hydrogens (tertiary/aromatic N) is 2. The van der Waals surface area contributed by atoms with Crippen LogP contribution in [0.5, 0.6) is 0 Å². The monoisotopic (exact) mass is 128 g/mol. The molecule has 0 aliphatic carbocycles. The molecule has 1 N–H and O–H groups in total. The SMILES string of the molecule is CC.Cc1cncn1O. The van der Waals surface area contributed by atoms with Gasteiger partial charge < -0.3 is 5.21 Å². The Kier molecular flexibility index (Phi) is 3.51. The molecule has 0 atom stereocenters. The van der Waals surface area contributed by atoms with Crippen LogP contribution in [0.2, 0.25) is 0 Å². The highest BCUT2D eigenvalue weighted by molar-refractivity contribution is 4.90. The first-order valence-electron chi connectivity index (χ1n) is 2.99. The molecular weight excluding hydrogens is 116 g/mol. The van der Waals surface area contributed by atoms with Crippen molar-refractivity contribution in [2.24, 2.45) is 0 Å². The van der Waals surface area contributed by atoms with Gasteiger partial charge in [0.1, 0.15) is 6.33 Å². The third-order valence-electron chi connectivity index (χ3n) is 0.799. The van der Waals surface area contributed by atoms with Crippen LogP contribution >= 0.6 is 0 Å². The van der Waals surface area contributed by atoms with Gasteiger partial charge in [-0.15, -0.1) is 0 Å². The van der Waals surface area contributed by atoms with Crippen LogP contribution in [0.25, 0.3) is 0 Å². The molecule has 1 heterocycles. The minimum atomic E-state index is 0.750. The average Bonchev–Trinajstić information content (AvgIpc) is 2.23. The van der Waals surface area contributed by atoms with Crippen molar-refractivity contribution in [2.45, 2.75) is 20.8 Å². The van der Waals surface area contributed by atoms with Crippen LogP contribution in [0, 0.1) is 6.92 Å². The first kappa shape index (κ1) is 8.01. The van der Waals surface area contributed by atoms with Gasteiger partial charge in [0.25, 0.3) is 0 Å². The lowest BCUT2D eigenvalue weighted by Crippen LogP contribution is -1.87. The van der Waals surface area contributed by atoms with Crippen LogP contribution in [-0.4, -0.2) is 14.9 Å². The van der Waals surface area contributed by atoms with Crippen molar-refractivity contribution in [1.29, 1.82) is 0 Å². The van der Waals surface area contributed by atoms with Crippen molar-refractivity contribution in [1.82, 2.24) is 9.71 Å². The molecule has 0 fully saturated rings. The largest absolute Gasteiger partial charge is 0.427 e. The summed E-state index contributed by atoms with van der Waals surface area (Å²) in [6.45, 7) is 5.77. The lowest BCUT2D eigenvalue weighted by molar-refractivity contribution is 0.179. The molecule has 0 aliphatic heterocycles. The van der Waals surface area contributed by atoms with E-state index in [9.17, 15) is 0 Å². The Morgan fingerprint density at radius 1 is 1.56 bits per heavy atom. The summed E-state index contributed by atoms with van der Waals surface area (Å²) in [7, 11) is 0. The first-order chi connectivity index (χ1) is 4.30. The normalized spacial score (nSPS) is 7.89. The van der Waals surface area contributed by atoms with E-state index in [1.54, 1.807) is 13.1 Å². The fraction of sp³-hybridized carbons (Fsp3) is 0.500. The van der Waals surface area contributed by atoms with Crippen LogP contribution < -0.4 is 0 Å². The van der Waals surface area contributed by atoms with Gasteiger partial charge in [0, 0.05) is 0 Å². The summed E-state index contributed by atoms with van der Waals surface area (Å²) >= 11 is 0. The van der Waals surface area contributed by atoms with Gasteiger partial charge in [-0.2, -0.15) is 4.73 Å². The Morgan fingerprint density at radius 3 is 2.22 bits per heavy atom. The molecule has 1 aromatic rings. The van der Waals surface area contributed by atoms with E-state index in [0.29, 0.717) is 0 Å². The van der Waals surface area contributed by atoms with E-state index in [4.69, 9.17) is 5.21 Å². The predicted molar refractivity (Wildman–Crippen MR) is 35.5 cm³/mol. The second kappa shape index (κ2) is 3.95. The molecule has 0 spiro atoms. The second-order valence-corrected chi connectivity index (χ2v) is 1.38. The summed E-state index contributed by atoms with van der Waals surface area (Å²) in [6, 6.07) is 0. The maximum Gasteiger partial charge on any atom is 0.131 e. The third kappa shape index (κ3) is 2.17. The summed E-state index contributed by atoms with van der Waals surface area (Å²) in [5.41, 5.74) is 0.750. The maximum absolute atomic E-state index is 8.61. The molecule has 0 aromatic carbocycles. The summed E-state index contributed by atoms with van der Waals surface area (Å²) in [6.07, 6.45) is 2.93. The molecule has 1 rings (SSSR count). The molecule has 3 nitrogen and oxygen atoms in total. The van der Waals surface area contributed by atoms with Crippen molar-refractivity contribution >= 4 is 0 Å². The zero-order valence-corrected chi connectivity index (χ0v) is 6.00. The van der Waals surface area contributed by atoms with Gasteiger partial charge in [-0.25, -0.2) is 4.98 Å².